The van der Waals surface area contributed by atoms with E-state index in [1.54, 1.807) is 0 Å². The first kappa shape index (κ1) is 14.5. The molecular formula is C16H27N3. The molecular weight excluding hydrogens is 234 g/mol. The van der Waals surface area contributed by atoms with Crippen molar-refractivity contribution in [1.29, 1.82) is 0 Å². The number of hydrogen-bond donors (Lipinski definition) is 1. The van der Waals surface area contributed by atoms with Gasteiger partial charge in [-0.25, -0.2) is 0 Å². The molecule has 3 heteroatoms. The number of hydrogen-bond acceptors (Lipinski definition) is 3. The molecule has 2 heterocycles. The summed E-state index contributed by atoms with van der Waals surface area (Å²) in [5, 5.41) is 3.71. The van der Waals surface area contributed by atoms with Crippen molar-refractivity contribution in [3.05, 3.63) is 30.1 Å². The van der Waals surface area contributed by atoms with Crippen molar-refractivity contribution in [1.82, 2.24) is 15.2 Å². The summed E-state index contributed by atoms with van der Waals surface area (Å²) in [6.07, 6.45) is 6.96. The maximum absolute atomic E-state index is 4.48. The molecule has 0 spiro atoms. The monoisotopic (exact) mass is 261 g/mol. The molecule has 1 aromatic heterocycles. The Labute approximate surface area is 117 Å². The molecule has 2 unspecified atom stereocenters. The number of aromatic nitrogens is 1. The fraction of sp³-hybridized carbons (Fsp3) is 0.688. The number of piperazine rings is 1. The molecule has 19 heavy (non-hydrogen) atoms. The number of nitrogens with one attached hydrogen (secondary N) is 1. The molecule has 0 saturated carbocycles. The minimum atomic E-state index is 0.654. The summed E-state index contributed by atoms with van der Waals surface area (Å²) in [5.74, 6) is 0. The van der Waals surface area contributed by atoms with E-state index < -0.39 is 0 Å². The number of nitrogens with zero attached hydrogens (tertiary/aromatic N) is 2. The summed E-state index contributed by atoms with van der Waals surface area (Å²) < 4.78 is 0. The first-order valence-electron chi connectivity index (χ1n) is 7.70. The van der Waals surface area contributed by atoms with Crippen molar-refractivity contribution in [2.24, 2.45) is 0 Å². The van der Waals surface area contributed by atoms with Crippen molar-refractivity contribution >= 4 is 0 Å². The quantitative estimate of drug-likeness (QED) is 0.853. The SMILES string of the molecule is CCCC1CN(Cc2ccccn2)C(CCC)CN1. The van der Waals surface area contributed by atoms with Crippen LogP contribution in [-0.4, -0.2) is 35.1 Å². The van der Waals surface area contributed by atoms with E-state index in [-0.39, 0.29) is 0 Å². The first-order chi connectivity index (χ1) is 9.33. The molecule has 0 aromatic carbocycles. The van der Waals surface area contributed by atoms with E-state index in [4.69, 9.17) is 0 Å². The highest BCUT2D eigenvalue weighted by Gasteiger charge is 2.26. The fourth-order valence-electron chi connectivity index (χ4n) is 2.98. The van der Waals surface area contributed by atoms with Crippen LogP contribution in [0.15, 0.2) is 24.4 Å². The lowest BCUT2D eigenvalue weighted by Crippen LogP contribution is -2.55. The molecule has 0 amide bonds. The molecule has 2 atom stereocenters. The van der Waals surface area contributed by atoms with Crippen molar-refractivity contribution in [2.45, 2.75) is 58.2 Å². The summed E-state index contributed by atoms with van der Waals surface area (Å²) in [6, 6.07) is 7.54. The Morgan fingerprint density at radius 1 is 1.26 bits per heavy atom. The van der Waals surface area contributed by atoms with Crippen LogP contribution < -0.4 is 5.32 Å². The van der Waals surface area contributed by atoms with E-state index in [1.807, 2.05) is 12.3 Å². The van der Waals surface area contributed by atoms with E-state index >= 15 is 0 Å². The average Bonchev–Trinajstić information content (AvgIpc) is 2.43. The van der Waals surface area contributed by atoms with Gasteiger partial charge < -0.3 is 5.32 Å². The topological polar surface area (TPSA) is 28.2 Å². The normalized spacial score (nSPS) is 24.5. The Kier molecular flexibility index (Phi) is 5.80. The van der Waals surface area contributed by atoms with Crippen molar-refractivity contribution < 1.29 is 0 Å². The van der Waals surface area contributed by atoms with E-state index in [1.165, 1.54) is 31.4 Å². The molecule has 1 aliphatic heterocycles. The third-order valence-electron chi connectivity index (χ3n) is 3.96. The second-order valence-electron chi connectivity index (χ2n) is 5.59. The van der Waals surface area contributed by atoms with Crippen LogP contribution in [0.3, 0.4) is 0 Å². The average molecular weight is 261 g/mol. The largest absolute Gasteiger partial charge is 0.311 e. The minimum Gasteiger partial charge on any atom is -0.311 e. The van der Waals surface area contributed by atoms with E-state index in [2.05, 4.69) is 41.2 Å². The molecule has 3 nitrogen and oxygen atoms in total. The lowest BCUT2D eigenvalue weighted by molar-refractivity contribution is 0.110. The predicted molar refractivity (Wildman–Crippen MR) is 80.0 cm³/mol. The fourth-order valence-corrected chi connectivity index (χ4v) is 2.98. The Morgan fingerprint density at radius 3 is 2.79 bits per heavy atom. The Balaban J connectivity index is 1.98. The zero-order chi connectivity index (χ0) is 13.5. The lowest BCUT2D eigenvalue weighted by Gasteiger charge is -2.40. The smallest absolute Gasteiger partial charge is 0.0544 e. The molecule has 1 aliphatic rings. The molecule has 106 valence electrons. The van der Waals surface area contributed by atoms with Gasteiger partial charge >= 0.3 is 0 Å². The van der Waals surface area contributed by atoms with Gasteiger partial charge in [-0.05, 0) is 25.0 Å². The molecule has 0 radical (unpaired) electrons. The zero-order valence-corrected chi connectivity index (χ0v) is 12.3. The van der Waals surface area contributed by atoms with Crippen LogP contribution in [0, 0.1) is 0 Å². The van der Waals surface area contributed by atoms with E-state index in [0.29, 0.717) is 12.1 Å². The van der Waals surface area contributed by atoms with Gasteiger partial charge in [-0.1, -0.05) is 32.8 Å². The van der Waals surface area contributed by atoms with Gasteiger partial charge in [0, 0.05) is 37.9 Å². The Bertz CT molecular complexity index is 352. The van der Waals surface area contributed by atoms with Crippen LogP contribution in [0.5, 0.6) is 0 Å². The van der Waals surface area contributed by atoms with Crippen LogP contribution in [0.2, 0.25) is 0 Å². The van der Waals surface area contributed by atoms with Gasteiger partial charge in [0.15, 0.2) is 0 Å². The van der Waals surface area contributed by atoms with Gasteiger partial charge in [0.2, 0.25) is 0 Å². The van der Waals surface area contributed by atoms with Crippen LogP contribution in [0.25, 0.3) is 0 Å². The second-order valence-corrected chi connectivity index (χ2v) is 5.59. The highest BCUT2D eigenvalue weighted by Crippen LogP contribution is 2.17. The molecule has 0 aliphatic carbocycles. The molecule has 0 bridgehead atoms. The molecule has 1 saturated heterocycles. The molecule has 1 fully saturated rings. The summed E-state index contributed by atoms with van der Waals surface area (Å²) in [4.78, 5) is 7.10. The van der Waals surface area contributed by atoms with Gasteiger partial charge in [-0.3, -0.25) is 9.88 Å². The predicted octanol–water partition coefficient (Wildman–Crippen LogP) is 2.82. The Hall–Kier alpha value is -0.930. The van der Waals surface area contributed by atoms with Gasteiger partial charge in [0.05, 0.1) is 5.69 Å². The van der Waals surface area contributed by atoms with Gasteiger partial charge in [0.25, 0.3) is 0 Å². The van der Waals surface area contributed by atoms with E-state index in [0.717, 1.165) is 19.6 Å². The minimum absolute atomic E-state index is 0.654. The van der Waals surface area contributed by atoms with Crippen LogP contribution in [0.4, 0.5) is 0 Å². The summed E-state index contributed by atoms with van der Waals surface area (Å²) >= 11 is 0. The molecule has 1 aromatic rings. The van der Waals surface area contributed by atoms with Crippen molar-refractivity contribution in [3.8, 4) is 0 Å². The van der Waals surface area contributed by atoms with Gasteiger partial charge in [0.1, 0.15) is 0 Å². The van der Waals surface area contributed by atoms with Gasteiger partial charge in [-0.15, -0.1) is 0 Å². The number of pyridine rings is 1. The zero-order valence-electron chi connectivity index (χ0n) is 12.3. The lowest BCUT2D eigenvalue weighted by atomic mass is 10.0. The molecule has 2 rings (SSSR count). The van der Waals surface area contributed by atoms with Crippen LogP contribution in [-0.2, 0) is 6.54 Å². The highest BCUT2D eigenvalue weighted by molar-refractivity contribution is 5.04. The first-order valence-corrected chi connectivity index (χ1v) is 7.70. The third kappa shape index (κ3) is 4.29. The number of rotatable bonds is 6. The van der Waals surface area contributed by atoms with Crippen LogP contribution in [0.1, 0.15) is 45.2 Å². The van der Waals surface area contributed by atoms with Crippen molar-refractivity contribution in [2.75, 3.05) is 13.1 Å². The van der Waals surface area contributed by atoms with Crippen molar-refractivity contribution in [3.63, 3.8) is 0 Å². The second kappa shape index (κ2) is 7.61. The maximum atomic E-state index is 4.48. The summed E-state index contributed by atoms with van der Waals surface area (Å²) in [7, 11) is 0. The Morgan fingerprint density at radius 2 is 2.11 bits per heavy atom. The summed E-state index contributed by atoms with van der Waals surface area (Å²) in [5.41, 5.74) is 1.20. The summed E-state index contributed by atoms with van der Waals surface area (Å²) in [6.45, 7) is 7.83. The van der Waals surface area contributed by atoms with E-state index in [9.17, 15) is 0 Å². The third-order valence-corrected chi connectivity index (χ3v) is 3.96. The molecule has 1 N–H and O–H groups in total. The maximum Gasteiger partial charge on any atom is 0.0544 e. The standard InChI is InChI=1S/C16H27N3/c1-3-7-14-12-19(16(8-4-2)11-18-14)13-15-9-5-6-10-17-15/h5-6,9-10,14,16,18H,3-4,7-8,11-13H2,1-2H3. The van der Waals surface area contributed by atoms with Crippen LogP contribution >= 0.6 is 0 Å². The van der Waals surface area contributed by atoms with Gasteiger partial charge in [-0.2, -0.15) is 0 Å². The highest BCUT2D eigenvalue weighted by atomic mass is 15.2.